The predicted molar refractivity (Wildman–Crippen MR) is 123 cm³/mol. The Morgan fingerprint density at radius 2 is 1.71 bits per heavy atom. The lowest BCUT2D eigenvalue weighted by Crippen LogP contribution is -2.13. The Morgan fingerprint density at radius 1 is 1.03 bits per heavy atom. The van der Waals surface area contributed by atoms with Crippen molar-refractivity contribution < 1.29 is 19.2 Å². The van der Waals surface area contributed by atoms with Crippen molar-refractivity contribution in [3.63, 3.8) is 0 Å². The molecule has 0 aromatic heterocycles. The van der Waals surface area contributed by atoms with E-state index in [1.807, 2.05) is 0 Å². The number of benzene rings is 2. The van der Waals surface area contributed by atoms with Gasteiger partial charge in [-0.05, 0) is 37.6 Å². The van der Waals surface area contributed by atoms with E-state index in [-0.39, 0.29) is 27.0 Å². The second-order valence-electron chi connectivity index (χ2n) is 6.85. The Kier molecular flexibility index (Phi) is 9.88. The lowest BCUT2D eigenvalue weighted by atomic mass is 10.1. The molecule has 0 radical (unpaired) electrons. The molecular weight excluding hydrogens is 443 g/mol. The quantitative estimate of drug-likeness (QED) is 0.207. The number of rotatable bonds is 12. The van der Waals surface area contributed by atoms with Crippen LogP contribution in [0, 0.1) is 10.1 Å². The topological polar surface area (TPSA) is 90.7 Å². The highest BCUT2D eigenvalue weighted by Gasteiger charge is 2.20. The van der Waals surface area contributed by atoms with Crippen molar-refractivity contribution in [3.8, 4) is 11.5 Å². The number of hydrogen-bond acceptors (Lipinski definition) is 5. The maximum Gasteiger partial charge on any atom is 0.296 e. The van der Waals surface area contributed by atoms with Crippen molar-refractivity contribution in [2.75, 3.05) is 18.5 Å². The number of carbonyl (C=O) groups excluding carboxylic acids is 1. The van der Waals surface area contributed by atoms with Crippen LogP contribution in [-0.2, 0) is 0 Å². The molecule has 0 aliphatic rings. The monoisotopic (exact) mass is 468 g/mol. The number of nitrogens with one attached hydrogen (secondary N) is 1. The number of ether oxygens (including phenoxy) is 2. The summed E-state index contributed by atoms with van der Waals surface area (Å²) in [6, 6.07) is 7.07. The van der Waals surface area contributed by atoms with Crippen LogP contribution in [0.2, 0.25) is 10.0 Å². The zero-order chi connectivity index (χ0) is 22.8. The minimum Gasteiger partial charge on any atom is -0.494 e. The molecule has 0 aliphatic carbocycles. The second kappa shape index (κ2) is 12.4. The minimum absolute atomic E-state index is 0.0399. The van der Waals surface area contributed by atoms with E-state index in [4.69, 9.17) is 32.7 Å². The SMILES string of the molecule is CCCCCCCOc1c(Cl)cc(C(=O)Nc2ccc(OCC)cc2[N+](=O)[O-])cc1Cl. The lowest BCUT2D eigenvalue weighted by Gasteiger charge is -2.12. The summed E-state index contributed by atoms with van der Waals surface area (Å²) in [5, 5.41) is 14.3. The molecule has 0 spiro atoms. The van der Waals surface area contributed by atoms with Gasteiger partial charge in [-0.25, -0.2) is 0 Å². The number of nitrogens with zero attached hydrogens (tertiary/aromatic N) is 1. The van der Waals surface area contributed by atoms with Gasteiger partial charge in [0.1, 0.15) is 11.4 Å². The van der Waals surface area contributed by atoms with Crippen LogP contribution in [0.25, 0.3) is 0 Å². The van der Waals surface area contributed by atoms with Gasteiger partial charge in [0.25, 0.3) is 11.6 Å². The molecule has 2 rings (SSSR count). The summed E-state index contributed by atoms with van der Waals surface area (Å²) in [6.07, 6.45) is 5.46. The van der Waals surface area contributed by atoms with Gasteiger partial charge in [-0.3, -0.25) is 14.9 Å². The molecule has 2 aromatic carbocycles. The molecule has 0 unspecified atom stereocenters. The molecule has 2 aromatic rings. The predicted octanol–water partition coefficient (Wildman–Crippen LogP) is 6.90. The van der Waals surface area contributed by atoms with Crippen molar-refractivity contribution in [2.24, 2.45) is 0 Å². The maximum atomic E-state index is 12.7. The Hall–Kier alpha value is -2.51. The summed E-state index contributed by atoms with van der Waals surface area (Å²) in [6.45, 7) is 4.77. The molecular formula is C22H26Cl2N2O5. The van der Waals surface area contributed by atoms with Crippen molar-refractivity contribution in [3.05, 3.63) is 56.1 Å². The van der Waals surface area contributed by atoms with E-state index >= 15 is 0 Å². The third kappa shape index (κ3) is 7.29. The van der Waals surface area contributed by atoms with Gasteiger partial charge < -0.3 is 14.8 Å². The molecule has 0 saturated heterocycles. The highest BCUT2D eigenvalue weighted by atomic mass is 35.5. The highest BCUT2D eigenvalue weighted by molar-refractivity contribution is 6.37. The van der Waals surface area contributed by atoms with Crippen LogP contribution in [0.5, 0.6) is 11.5 Å². The van der Waals surface area contributed by atoms with Gasteiger partial charge in [-0.15, -0.1) is 0 Å². The fraction of sp³-hybridized carbons (Fsp3) is 0.409. The Bertz CT molecular complexity index is 898. The average Bonchev–Trinajstić information content (AvgIpc) is 2.73. The number of nitro benzene ring substituents is 1. The summed E-state index contributed by atoms with van der Waals surface area (Å²) in [5.74, 6) is 0.0825. The van der Waals surface area contributed by atoms with Crippen LogP contribution in [0.1, 0.15) is 56.3 Å². The van der Waals surface area contributed by atoms with Gasteiger partial charge in [0, 0.05) is 5.56 Å². The molecule has 0 saturated carbocycles. The Morgan fingerprint density at radius 3 is 2.32 bits per heavy atom. The van der Waals surface area contributed by atoms with Crippen LogP contribution < -0.4 is 14.8 Å². The molecule has 0 fully saturated rings. The molecule has 0 atom stereocenters. The molecule has 0 heterocycles. The molecule has 168 valence electrons. The van der Waals surface area contributed by atoms with Crippen LogP contribution >= 0.6 is 23.2 Å². The standard InChI is InChI=1S/C22H26Cl2N2O5/c1-3-5-6-7-8-11-31-21-17(23)12-15(13-18(21)24)22(27)25-19-10-9-16(30-4-2)14-20(19)26(28)29/h9-10,12-14H,3-8,11H2,1-2H3,(H,25,27). The van der Waals surface area contributed by atoms with Gasteiger partial charge in [-0.2, -0.15) is 0 Å². The Balaban J connectivity index is 2.10. The van der Waals surface area contributed by atoms with E-state index in [1.54, 1.807) is 13.0 Å². The smallest absolute Gasteiger partial charge is 0.296 e. The molecule has 9 heteroatoms. The number of nitro groups is 1. The van der Waals surface area contributed by atoms with Gasteiger partial charge >= 0.3 is 0 Å². The molecule has 7 nitrogen and oxygen atoms in total. The molecule has 1 N–H and O–H groups in total. The van der Waals surface area contributed by atoms with Crippen molar-refractivity contribution >= 4 is 40.5 Å². The summed E-state index contributed by atoms with van der Waals surface area (Å²) in [5.41, 5.74) is -0.0777. The molecule has 0 bridgehead atoms. The molecule has 1 amide bonds. The number of hydrogen-bond donors (Lipinski definition) is 1. The van der Waals surface area contributed by atoms with Crippen molar-refractivity contribution in [2.45, 2.75) is 46.0 Å². The van der Waals surface area contributed by atoms with E-state index in [1.165, 1.54) is 37.1 Å². The first-order valence-electron chi connectivity index (χ1n) is 10.2. The van der Waals surface area contributed by atoms with Crippen LogP contribution in [0.15, 0.2) is 30.3 Å². The van der Waals surface area contributed by atoms with Crippen molar-refractivity contribution in [1.82, 2.24) is 0 Å². The summed E-state index contributed by atoms with van der Waals surface area (Å²) >= 11 is 12.5. The van der Waals surface area contributed by atoms with Crippen LogP contribution in [0.3, 0.4) is 0 Å². The summed E-state index contributed by atoms with van der Waals surface area (Å²) in [4.78, 5) is 23.4. The Labute approximate surface area is 191 Å². The van der Waals surface area contributed by atoms with Gasteiger partial charge in [0.05, 0.1) is 34.2 Å². The van der Waals surface area contributed by atoms with Crippen molar-refractivity contribution in [1.29, 1.82) is 0 Å². The number of halogens is 2. The van der Waals surface area contributed by atoms with Gasteiger partial charge in [0.2, 0.25) is 0 Å². The molecule has 0 aliphatic heterocycles. The van der Waals surface area contributed by atoms with Crippen LogP contribution in [-0.4, -0.2) is 24.0 Å². The number of amides is 1. The fourth-order valence-corrected chi connectivity index (χ4v) is 3.52. The fourth-order valence-electron chi connectivity index (χ4n) is 2.93. The van der Waals surface area contributed by atoms with Gasteiger partial charge in [0.15, 0.2) is 5.75 Å². The van der Waals surface area contributed by atoms with Crippen LogP contribution in [0.4, 0.5) is 11.4 Å². The van der Waals surface area contributed by atoms with Gasteiger partial charge in [-0.1, -0.05) is 55.8 Å². The first-order chi connectivity index (χ1) is 14.9. The zero-order valence-corrected chi connectivity index (χ0v) is 19.1. The second-order valence-corrected chi connectivity index (χ2v) is 7.67. The first-order valence-corrected chi connectivity index (χ1v) is 11.0. The summed E-state index contributed by atoms with van der Waals surface area (Å²) < 4.78 is 11.0. The van der Waals surface area contributed by atoms with E-state index < -0.39 is 10.8 Å². The highest BCUT2D eigenvalue weighted by Crippen LogP contribution is 2.35. The van der Waals surface area contributed by atoms with E-state index in [9.17, 15) is 14.9 Å². The summed E-state index contributed by atoms with van der Waals surface area (Å²) in [7, 11) is 0. The van der Waals surface area contributed by atoms with E-state index in [0.717, 1.165) is 19.3 Å². The maximum absolute atomic E-state index is 12.7. The zero-order valence-electron chi connectivity index (χ0n) is 17.6. The normalized spacial score (nSPS) is 10.6. The average molecular weight is 469 g/mol. The largest absolute Gasteiger partial charge is 0.494 e. The number of carbonyl (C=O) groups is 1. The van der Waals surface area contributed by atoms with E-state index in [2.05, 4.69) is 12.2 Å². The molecule has 31 heavy (non-hydrogen) atoms. The minimum atomic E-state index is -0.588. The third-order valence-electron chi connectivity index (χ3n) is 4.48. The lowest BCUT2D eigenvalue weighted by molar-refractivity contribution is -0.384. The number of anilines is 1. The van der Waals surface area contributed by atoms with E-state index in [0.29, 0.717) is 24.7 Å². The third-order valence-corrected chi connectivity index (χ3v) is 5.04. The first kappa shape index (κ1) is 24.8. The number of unbranched alkanes of at least 4 members (excludes halogenated alkanes) is 4.